The zero-order valence-corrected chi connectivity index (χ0v) is 28.2. The minimum atomic E-state index is -1.01. The Morgan fingerprint density at radius 1 is 0.978 bits per heavy atom. The van der Waals surface area contributed by atoms with Crippen molar-refractivity contribution in [3.63, 3.8) is 0 Å². The van der Waals surface area contributed by atoms with E-state index in [-0.39, 0.29) is 18.0 Å². The number of carboxylic acids is 1. The van der Waals surface area contributed by atoms with Crippen molar-refractivity contribution in [1.29, 1.82) is 0 Å². The number of rotatable bonds is 16. The van der Waals surface area contributed by atoms with Crippen LogP contribution in [0.1, 0.15) is 80.3 Å². The lowest BCUT2D eigenvalue weighted by atomic mass is 9.84. The standard InChI is InChI=1S/C38H50N2O4S/c1-27(2)40(31(23-29-14-7-5-8-15-29)26-44-32-16-9-6-10-17-32)25-30-19-20-34(35(24-30)33-18-12-11-13-28(33)3)37(41)39-36(38(42)43)21-22-45-4/h6,9-13,16-20,24,27,29,31,36H,5,7-8,14-15,21-23,25-26H2,1-4H3,(H,39,41)(H,42,43). The molecule has 6 nitrogen and oxygen atoms in total. The Morgan fingerprint density at radius 3 is 2.36 bits per heavy atom. The predicted molar refractivity (Wildman–Crippen MR) is 186 cm³/mol. The van der Waals surface area contributed by atoms with Crippen molar-refractivity contribution in [2.24, 2.45) is 5.92 Å². The van der Waals surface area contributed by atoms with Gasteiger partial charge in [-0.15, -0.1) is 0 Å². The van der Waals surface area contributed by atoms with Gasteiger partial charge in [0.15, 0.2) is 0 Å². The average Bonchev–Trinajstić information content (AvgIpc) is 3.04. The number of thioether (sulfide) groups is 1. The van der Waals surface area contributed by atoms with Crippen LogP contribution in [0.15, 0.2) is 72.8 Å². The van der Waals surface area contributed by atoms with Crippen LogP contribution in [0, 0.1) is 12.8 Å². The highest BCUT2D eigenvalue weighted by molar-refractivity contribution is 7.98. The molecule has 0 radical (unpaired) electrons. The van der Waals surface area contributed by atoms with Gasteiger partial charge in [0.1, 0.15) is 18.4 Å². The molecule has 1 saturated carbocycles. The molecule has 2 atom stereocenters. The maximum absolute atomic E-state index is 13.6. The van der Waals surface area contributed by atoms with Gasteiger partial charge in [0.2, 0.25) is 0 Å². The van der Waals surface area contributed by atoms with E-state index in [2.05, 4.69) is 30.1 Å². The molecule has 3 aromatic rings. The van der Waals surface area contributed by atoms with Crippen molar-refractivity contribution in [3.8, 4) is 16.9 Å². The highest BCUT2D eigenvalue weighted by atomic mass is 32.2. The number of nitrogens with one attached hydrogen (secondary N) is 1. The van der Waals surface area contributed by atoms with Gasteiger partial charge in [-0.25, -0.2) is 4.79 Å². The van der Waals surface area contributed by atoms with Crippen LogP contribution in [0.3, 0.4) is 0 Å². The summed E-state index contributed by atoms with van der Waals surface area (Å²) in [6, 6.07) is 23.7. The summed E-state index contributed by atoms with van der Waals surface area (Å²) in [5, 5.41) is 12.6. The fourth-order valence-corrected chi connectivity index (χ4v) is 6.95. The van der Waals surface area contributed by atoms with Crippen LogP contribution in [-0.2, 0) is 11.3 Å². The molecule has 2 N–H and O–H groups in total. The Balaban J connectivity index is 1.65. The number of carbonyl (C=O) groups excluding carboxylic acids is 1. The van der Waals surface area contributed by atoms with E-state index in [1.165, 1.54) is 32.1 Å². The van der Waals surface area contributed by atoms with E-state index < -0.39 is 12.0 Å². The van der Waals surface area contributed by atoms with Gasteiger partial charge in [0.05, 0.1) is 0 Å². The molecule has 2 unspecified atom stereocenters. The normalized spacial score (nSPS) is 15.2. The Bertz CT molecular complexity index is 1370. The first-order valence-corrected chi connectivity index (χ1v) is 17.8. The number of aryl methyl sites for hydroxylation is 1. The van der Waals surface area contributed by atoms with Crippen LogP contribution in [0.5, 0.6) is 5.75 Å². The molecule has 45 heavy (non-hydrogen) atoms. The van der Waals surface area contributed by atoms with Gasteiger partial charge in [-0.2, -0.15) is 11.8 Å². The molecule has 0 bridgehead atoms. The second-order valence-electron chi connectivity index (χ2n) is 12.6. The first-order valence-electron chi connectivity index (χ1n) is 16.4. The zero-order chi connectivity index (χ0) is 32.2. The summed E-state index contributed by atoms with van der Waals surface area (Å²) in [5.74, 6) is 0.874. The average molecular weight is 631 g/mol. The number of benzene rings is 3. The molecule has 0 aromatic heterocycles. The minimum absolute atomic E-state index is 0.242. The van der Waals surface area contributed by atoms with Crippen molar-refractivity contribution < 1.29 is 19.4 Å². The number of para-hydroxylation sites is 1. The molecule has 0 aliphatic heterocycles. The second kappa shape index (κ2) is 17.4. The van der Waals surface area contributed by atoms with E-state index >= 15 is 0 Å². The van der Waals surface area contributed by atoms with Crippen molar-refractivity contribution in [2.75, 3.05) is 18.6 Å². The summed E-state index contributed by atoms with van der Waals surface area (Å²) in [7, 11) is 0. The highest BCUT2D eigenvalue weighted by Gasteiger charge is 2.28. The third-order valence-corrected chi connectivity index (χ3v) is 9.64. The van der Waals surface area contributed by atoms with Crippen LogP contribution < -0.4 is 10.1 Å². The zero-order valence-electron chi connectivity index (χ0n) is 27.3. The first kappa shape index (κ1) is 34.6. The van der Waals surface area contributed by atoms with Crippen molar-refractivity contribution in [3.05, 3.63) is 89.5 Å². The predicted octanol–water partition coefficient (Wildman–Crippen LogP) is 8.23. The maximum atomic E-state index is 13.6. The topological polar surface area (TPSA) is 78.9 Å². The van der Waals surface area contributed by atoms with Gasteiger partial charge >= 0.3 is 5.97 Å². The molecule has 7 heteroatoms. The van der Waals surface area contributed by atoms with Crippen molar-refractivity contribution >= 4 is 23.6 Å². The van der Waals surface area contributed by atoms with Gasteiger partial charge in [-0.05, 0) is 98.1 Å². The molecule has 242 valence electrons. The minimum Gasteiger partial charge on any atom is -0.492 e. The Kier molecular flexibility index (Phi) is 13.4. The number of aliphatic carboxylic acids is 1. The fraction of sp³-hybridized carbons (Fsp3) is 0.474. The molecule has 1 amide bonds. The summed E-state index contributed by atoms with van der Waals surface area (Å²) in [5.41, 5.74) is 4.47. The van der Waals surface area contributed by atoms with E-state index in [9.17, 15) is 14.7 Å². The fourth-order valence-electron chi connectivity index (χ4n) is 6.47. The summed E-state index contributed by atoms with van der Waals surface area (Å²) in [6.07, 6.45) is 9.92. The third-order valence-electron chi connectivity index (χ3n) is 8.99. The Hall–Kier alpha value is -3.29. The first-order chi connectivity index (χ1) is 21.8. The summed E-state index contributed by atoms with van der Waals surface area (Å²) >= 11 is 1.57. The summed E-state index contributed by atoms with van der Waals surface area (Å²) < 4.78 is 6.38. The number of carboxylic acid groups (broad SMARTS) is 1. The second-order valence-corrected chi connectivity index (χ2v) is 13.6. The lowest BCUT2D eigenvalue weighted by molar-refractivity contribution is -0.139. The number of ether oxygens (including phenoxy) is 1. The lowest BCUT2D eigenvalue weighted by Crippen LogP contribution is -2.44. The van der Waals surface area contributed by atoms with Crippen LogP contribution in [-0.4, -0.2) is 58.6 Å². The molecule has 4 rings (SSSR count). The smallest absolute Gasteiger partial charge is 0.326 e. The summed E-state index contributed by atoms with van der Waals surface area (Å²) in [6.45, 7) is 7.89. The molecule has 0 saturated heterocycles. The maximum Gasteiger partial charge on any atom is 0.326 e. The van der Waals surface area contributed by atoms with E-state index in [4.69, 9.17) is 4.74 Å². The molecule has 1 fully saturated rings. The van der Waals surface area contributed by atoms with Gasteiger partial charge in [-0.3, -0.25) is 9.69 Å². The van der Waals surface area contributed by atoms with Crippen LogP contribution in [0.4, 0.5) is 0 Å². The highest BCUT2D eigenvalue weighted by Crippen LogP contribution is 2.32. The van der Waals surface area contributed by atoms with Gasteiger partial charge < -0.3 is 15.2 Å². The summed E-state index contributed by atoms with van der Waals surface area (Å²) in [4.78, 5) is 28.1. The molecule has 0 spiro atoms. The van der Waals surface area contributed by atoms with Crippen LogP contribution >= 0.6 is 11.8 Å². The number of hydrogen-bond acceptors (Lipinski definition) is 5. The van der Waals surface area contributed by atoms with Crippen molar-refractivity contribution in [1.82, 2.24) is 10.2 Å². The van der Waals surface area contributed by atoms with E-state index in [1.807, 2.05) is 79.9 Å². The van der Waals surface area contributed by atoms with Crippen LogP contribution in [0.25, 0.3) is 11.1 Å². The lowest BCUT2D eigenvalue weighted by Gasteiger charge is -2.38. The van der Waals surface area contributed by atoms with E-state index in [0.717, 1.165) is 41.0 Å². The third kappa shape index (κ3) is 10.1. The monoisotopic (exact) mass is 630 g/mol. The van der Waals surface area contributed by atoms with Crippen LogP contribution in [0.2, 0.25) is 0 Å². The molecule has 0 heterocycles. The number of amides is 1. The molecular weight excluding hydrogens is 580 g/mol. The van der Waals surface area contributed by atoms with E-state index in [1.54, 1.807) is 11.8 Å². The van der Waals surface area contributed by atoms with Gasteiger partial charge in [-0.1, -0.05) is 80.6 Å². The largest absolute Gasteiger partial charge is 0.492 e. The number of carbonyl (C=O) groups is 2. The molecule has 1 aliphatic carbocycles. The Labute approximate surface area is 274 Å². The quantitative estimate of drug-likeness (QED) is 0.166. The van der Waals surface area contributed by atoms with Gasteiger partial charge in [0.25, 0.3) is 5.91 Å². The van der Waals surface area contributed by atoms with Gasteiger partial charge in [0, 0.05) is 24.2 Å². The van der Waals surface area contributed by atoms with E-state index in [0.29, 0.717) is 30.3 Å². The Morgan fingerprint density at radius 2 is 1.69 bits per heavy atom. The number of hydrogen-bond donors (Lipinski definition) is 2. The van der Waals surface area contributed by atoms with Crippen molar-refractivity contribution in [2.45, 2.75) is 90.4 Å². The number of nitrogens with zero attached hydrogens (tertiary/aromatic N) is 1. The molecular formula is C38H50N2O4S. The SMILES string of the molecule is CSCCC(NC(=O)c1ccc(CN(C(C)C)C(COc2ccccc2)CC2CCCCC2)cc1-c1ccccc1C)C(=O)O. The molecule has 3 aromatic carbocycles. The molecule has 1 aliphatic rings.